The highest BCUT2D eigenvalue weighted by molar-refractivity contribution is 6.11. The maximum Gasteiger partial charge on any atom is 0.420 e. The van der Waals surface area contributed by atoms with Crippen LogP contribution in [0, 0.1) is 0 Å². The van der Waals surface area contributed by atoms with Crippen LogP contribution < -0.4 is 11.5 Å². The van der Waals surface area contributed by atoms with E-state index in [0.717, 1.165) is 22.5 Å². The molecule has 4 rings (SSSR count). The van der Waals surface area contributed by atoms with Crippen LogP contribution in [0.25, 0.3) is 11.1 Å². The van der Waals surface area contributed by atoms with Crippen molar-refractivity contribution in [2.45, 2.75) is 31.8 Å². The second kappa shape index (κ2) is 6.38. The van der Waals surface area contributed by atoms with Gasteiger partial charge in [-0.05, 0) is 31.0 Å². The number of rotatable bonds is 5. The fourth-order valence-electron chi connectivity index (χ4n) is 3.27. The van der Waals surface area contributed by atoms with E-state index in [0.29, 0.717) is 25.0 Å². The number of hydrogen-bond donors (Lipinski definition) is 1. The average molecular weight is 348 g/mol. The first-order valence-corrected chi connectivity index (χ1v) is 8.57. The fourth-order valence-corrected chi connectivity index (χ4v) is 3.27. The molecule has 0 saturated heterocycles. The number of oxazole rings is 1. The molecule has 0 amide bonds. The number of para-hydroxylation sites is 2. The van der Waals surface area contributed by atoms with Crippen LogP contribution in [0.3, 0.4) is 0 Å². The third kappa shape index (κ3) is 3.11. The van der Waals surface area contributed by atoms with Crippen LogP contribution in [0.5, 0.6) is 0 Å². The summed E-state index contributed by atoms with van der Waals surface area (Å²) in [6, 6.07) is 17.5. The predicted molar refractivity (Wildman–Crippen MR) is 103 cm³/mol. The average Bonchev–Trinajstić information content (AvgIpc) is 3.22. The summed E-state index contributed by atoms with van der Waals surface area (Å²) in [5, 5.41) is 8.58. The maximum absolute atomic E-state index is 12.1. The van der Waals surface area contributed by atoms with Crippen molar-refractivity contribution in [1.82, 2.24) is 4.57 Å². The zero-order valence-electron chi connectivity index (χ0n) is 14.6. The van der Waals surface area contributed by atoms with Gasteiger partial charge in [-0.1, -0.05) is 42.5 Å². The first-order chi connectivity index (χ1) is 12.5. The summed E-state index contributed by atoms with van der Waals surface area (Å²) in [5.41, 5.74) is 10.1. The molecular formula is C20H20N4O2. The minimum Gasteiger partial charge on any atom is -0.408 e. The molecule has 0 radical (unpaired) electrons. The number of fused-ring (bicyclic) bond motifs is 1. The Balaban J connectivity index is 1.49. The summed E-state index contributed by atoms with van der Waals surface area (Å²) >= 11 is 0. The summed E-state index contributed by atoms with van der Waals surface area (Å²) in [6.45, 7) is 2.32. The molecule has 0 bridgehead atoms. The highest BCUT2D eigenvalue weighted by Gasteiger charge is 2.30. The number of nitrogens with two attached hydrogens (primary N) is 1. The molecule has 2 heterocycles. The van der Waals surface area contributed by atoms with Gasteiger partial charge in [-0.3, -0.25) is 4.57 Å². The quantitative estimate of drug-likeness (QED) is 0.769. The third-order valence-electron chi connectivity index (χ3n) is 4.67. The van der Waals surface area contributed by atoms with E-state index in [1.807, 2.05) is 43.3 Å². The van der Waals surface area contributed by atoms with Gasteiger partial charge in [0.15, 0.2) is 5.58 Å². The molecule has 3 aromatic rings. The largest absolute Gasteiger partial charge is 0.420 e. The Labute approximate surface area is 150 Å². The Bertz CT molecular complexity index is 1060. The molecule has 1 aliphatic heterocycles. The Morgan fingerprint density at radius 2 is 1.85 bits per heavy atom. The van der Waals surface area contributed by atoms with Crippen molar-refractivity contribution in [2.75, 3.05) is 0 Å². The predicted octanol–water partition coefficient (Wildman–Crippen LogP) is 2.76. The van der Waals surface area contributed by atoms with E-state index in [1.54, 1.807) is 10.6 Å². The lowest BCUT2D eigenvalue weighted by atomic mass is 9.87. The van der Waals surface area contributed by atoms with Gasteiger partial charge in [0.25, 0.3) is 0 Å². The van der Waals surface area contributed by atoms with Gasteiger partial charge in [0, 0.05) is 6.42 Å². The van der Waals surface area contributed by atoms with Gasteiger partial charge in [0.1, 0.15) is 0 Å². The summed E-state index contributed by atoms with van der Waals surface area (Å²) < 4.78 is 6.85. The lowest BCUT2D eigenvalue weighted by Gasteiger charge is -2.24. The van der Waals surface area contributed by atoms with Crippen molar-refractivity contribution < 1.29 is 4.42 Å². The normalized spacial score (nSPS) is 16.4. The number of aromatic nitrogens is 1. The smallest absolute Gasteiger partial charge is 0.408 e. The van der Waals surface area contributed by atoms with E-state index < -0.39 is 5.54 Å². The minimum absolute atomic E-state index is 0.351. The standard InChI is InChI=1S/C20H20N4O2/c1-20(21,12-14-7-3-2-4-8-14)18-11-15(22-23-18)13-24-16-9-5-6-10-17(16)26-19(24)25/h2-10H,11-13,21H2,1H3/t20-/m1/s1. The first-order valence-electron chi connectivity index (χ1n) is 8.57. The molecule has 2 N–H and O–H groups in total. The number of nitrogens with zero attached hydrogens (tertiary/aromatic N) is 3. The van der Waals surface area contributed by atoms with E-state index >= 15 is 0 Å². The molecule has 6 heteroatoms. The highest BCUT2D eigenvalue weighted by Crippen LogP contribution is 2.20. The van der Waals surface area contributed by atoms with Gasteiger partial charge in [-0.25, -0.2) is 4.79 Å². The summed E-state index contributed by atoms with van der Waals surface area (Å²) in [5.74, 6) is -0.387. The van der Waals surface area contributed by atoms with Crippen LogP contribution in [-0.2, 0) is 13.0 Å². The van der Waals surface area contributed by atoms with Crippen molar-refractivity contribution in [3.05, 3.63) is 70.7 Å². The van der Waals surface area contributed by atoms with Crippen LogP contribution in [0.1, 0.15) is 18.9 Å². The highest BCUT2D eigenvalue weighted by atomic mass is 16.4. The van der Waals surface area contributed by atoms with E-state index in [4.69, 9.17) is 10.2 Å². The van der Waals surface area contributed by atoms with Gasteiger partial charge < -0.3 is 10.2 Å². The Kier molecular flexibility index (Phi) is 4.05. The molecule has 26 heavy (non-hydrogen) atoms. The van der Waals surface area contributed by atoms with Crippen LogP contribution in [0.15, 0.2) is 74.0 Å². The number of hydrogen-bond acceptors (Lipinski definition) is 5. The van der Waals surface area contributed by atoms with Gasteiger partial charge in [-0.2, -0.15) is 10.2 Å². The molecule has 132 valence electrons. The van der Waals surface area contributed by atoms with Crippen LogP contribution in [0.2, 0.25) is 0 Å². The van der Waals surface area contributed by atoms with Crippen LogP contribution in [-0.4, -0.2) is 21.5 Å². The lowest BCUT2D eigenvalue weighted by molar-refractivity contribution is 0.522. The Hall–Kier alpha value is -2.99. The van der Waals surface area contributed by atoms with E-state index in [1.165, 1.54) is 0 Å². The van der Waals surface area contributed by atoms with Crippen molar-refractivity contribution in [3.8, 4) is 0 Å². The summed E-state index contributed by atoms with van der Waals surface area (Å²) in [7, 11) is 0. The SMILES string of the molecule is C[C@@](N)(Cc1ccccc1)C1=NN=C(Cn2c(=O)oc3ccccc32)C1. The molecular weight excluding hydrogens is 328 g/mol. The van der Waals surface area contributed by atoms with E-state index in [-0.39, 0.29) is 5.76 Å². The van der Waals surface area contributed by atoms with Crippen molar-refractivity contribution >= 4 is 22.5 Å². The molecule has 6 nitrogen and oxygen atoms in total. The minimum atomic E-state index is -0.587. The molecule has 0 unspecified atom stereocenters. The zero-order chi connectivity index (χ0) is 18.1. The zero-order valence-corrected chi connectivity index (χ0v) is 14.6. The van der Waals surface area contributed by atoms with Crippen molar-refractivity contribution in [2.24, 2.45) is 15.9 Å². The second-order valence-corrected chi connectivity index (χ2v) is 6.89. The van der Waals surface area contributed by atoms with E-state index in [2.05, 4.69) is 22.3 Å². The van der Waals surface area contributed by atoms with Crippen molar-refractivity contribution in [1.29, 1.82) is 0 Å². The molecule has 0 spiro atoms. The van der Waals surface area contributed by atoms with Gasteiger partial charge in [0.2, 0.25) is 0 Å². The molecule has 2 aromatic carbocycles. The summed E-state index contributed by atoms with van der Waals surface area (Å²) in [6.07, 6.45) is 1.25. The molecule has 0 aliphatic carbocycles. The number of benzene rings is 2. The topological polar surface area (TPSA) is 85.9 Å². The second-order valence-electron chi connectivity index (χ2n) is 6.89. The van der Waals surface area contributed by atoms with Crippen LogP contribution >= 0.6 is 0 Å². The summed E-state index contributed by atoms with van der Waals surface area (Å²) in [4.78, 5) is 12.1. The molecule has 1 atom stereocenters. The molecule has 1 aliphatic rings. The van der Waals surface area contributed by atoms with Crippen LogP contribution in [0.4, 0.5) is 0 Å². The first kappa shape index (κ1) is 16.5. The van der Waals surface area contributed by atoms with Gasteiger partial charge >= 0.3 is 5.76 Å². The van der Waals surface area contributed by atoms with E-state index in [9.17, 15) is 4.79 Å². The molecule has 1 aromatic heterocycles. The monoisotopic (exact) mass is 348 g/mol. The van der Waals surface area contributed by atoms with Gasteiger partial charge in [-0.15, -0.1) is 0 Å². The fraction of sp³-hybridized carbons (Fsp3) is 0.250. The van der Waals surface area contributed by atoms with Gasteiger partial charge in [0.05, 0.1) is 29.0 Å². The molecule has 0 saturated carbocycles. The molecule has 0 fully saturated rings. The Morgan fingerprint density at radius 1 is 1.12 bits per heavy atom. The Morgan fingerprint density at radius 3 is 2.65 bits per heavy atom. The van der Waals surface area contributed by atoms with Crippen molar-refractivity contribution in [3.63, 3.8) is 0 Å². The maximum atomic E-state index is 12.1. The third-order valence-corrected chi connectivity index (χ3v) is 4.67. The lowest BCUT2D eigenvalue weighted by Crippen LogP contribution is -2.47.